The summed E-state index contributed by atoms with van der Waals surface area (Å²) in [5.41, 5.74) is 5.81. The van der Waals surface area contributed by atoms with E-state index < -0.39 is 0 Å². The second-order valence-electron chi connectivity index (χ2n) is 5.27. The number of amides is 1. The van der Waals surface area contributed by atoms with Crippen molar-refractivity contribution in [3.63, 3.8) is 0 Å². The van der Waals surface area contributed by atoms with Crippen molar-refractivity contribution >= 4 is 18.3 Å². The van der Waals surface area contributed by atoms with Crippen LogP contribution in [0.25, 0.3) is 0 Å². The number of carbonyl (C=O) groups is 1. The largest absolute Gasteiger partial charge is 0.353 e. The van der Waals surface area contributed by atoms with Gasteiger partial charge in [-0.3, -0.25) is 9.69 Å². The molecule has 1 heterocycles. The van der Waals surface area contributed by atoms with Gasteiger partial charge in [0.1, 0.15) is 0 Å². The van der Waals surface area contributed by atoms with Crippen LogP contribution < -0.4 is 11.1 Å². The van der Waals surface area contributed by atoms with E-state index in [9.17, 15) is 4.79 Å². The van der Waals surface area contributed by atoms with Crippen LogP contribution in [0.1, 0.15) is 40.0 Å². The molecule has 1 fully saturated rings. The maximum absolute atomic E-state index is 11.9. The third-order valence-corrected chi connectivity index (χ3v) is 3.84. The van der Waals surface area contributed by atoms with Gasteiger partial charge in [0.2, 0.25) is 5.91 Å². The first kappa shape index (κ1) is 17.7. The molecular weight excluding hydrogens is 250 g/mol. The third-order valence-electron chi connectivity index (χ3n) is 3.84. The summed E-state index contributed by atoms with van der Waals surface area (Å²) in [5.74, 6) is 0.733. The molecule has 3 N–H and O–H groups in total. The van der Waals surface area contributed by atoms with Crippen LogP contribution in [0.4, 0.5) is 0 Å². The second-order valence-corrected chi connectivity index (χ2v) is 5.27. The van der Waals surface area contributed by atoms with Gasteiger partial charge in [0.25, 0.3) is 0 Å². The topological polar surface area (TPSA) is 58.4 Å². The number of nitrogens with zero attached hydrogens (tertiary/aromatic N) is 1. The number of hydrogen-bond acceptors (Lipinski definition) is 3. The Kier molecular flexibility index (Phi) is 8.57. The highest BCUT2D eigenvalue weighted by Gasteiger charge is 2.28. The predicted molar refractivity (Wildman–Crippen MR) is 78.0 cm³/mol. The van der Waals surface area contributed by atoms with Crippen molar-refractivity contribution in [2.24, 2.45) is 11.7 Å². The highest BCUT2D eigenvalue weighted by molar-refractivity contribution is 5.85. The van der Waals surface area contributed by atoms with Gasteiger partial charge >= 0.3 is 0 Å². The number of likely N-dealkylation sites (tertiary alicyclic amines) is 1. The van der Waals surface area contributed by atoms with Gasteiger partial charge in [-0.05, 0) is 38.6 Å². The molecule has 0 saturated carbocycles. The zero-order valence-corrected chi connectivity index (χ0v) is 12.6. The summed E-state index contributed by atoms with van der Waals surface area (Å²) in [7, 11) is 0. The second kappa shape index (κ2) is 8.73. The number of piperidine rings is 1. The van der Waals surface area contributed by atoms with Gasteiger partial charge in [-0.15, -0.1) is 12.4 Å². The Morgan fingerprint density at radius 2 is 2.22 bits per heavy atom. The number of rotatable bonds is 5. The molecule has 0 aliphatic carbocycles. The Morgan fingerprint density at radius 1 is 1.56 bits per heavy atom. The molecule has 1 aliphatic rings. The summed E-state index contributed by atoms with van der Waals surface area (Å²) in [6, 6.07) is 0.632. The van der Waals surface area contributed by atoms with Crippen molar-refractivity contribution in [3.8, 4) is 0 Å². The Morgan fingerprint density at radius 3 is 2.78 bits per heavy atom. The fourth-order valence-electron chi connectivity index (χ4n) is 2.52. The number of nitrogens with two attached hydrogens (primary N) is 1. The summed E-state index contributed by atoms with van der Waals surface area (Å²) in [5, 5.41) is 3.01. The van der Waals surface area contributed by atoms with E-state index in [2.05, 4.69) is 24.1 Å². The minimum atomic E-state index is 0. The molecule has 0 aromatic heterocycles. The molecule has 3 unspecified atom stereocenters. The summed E-state index contributed by atoms with van der Waals surface area (Å²) >= 11 is 0. The van der Waals surface area contributed by atoms with Gasteiger partial charge in [0.15, 0.2) is 0 Å². The molecule has 18 heavy (non-hydrogen) atoms. The van der Waals surface area contributed by atoms with E-state index in [4.69, 9.17) is 5.73 Å². The van der Waals surface area contributed by atoms with Crippen molar-refractivity contribution < 1.29 is 4.79 Å². The lowest BCUT2D eigenvalue weighted by molar-refractivity contribution is -0.124. The van der Waals surface area contributed by atoms with Crippen LogP contribution in [0.15, 0.2) is 0 Å². The average Bonchev–Trinajstić information content (AvgIpc) is 2.29. The van der Waals surface area contributed by atoms with E-state index in [0.29, 0.717) is 25.0 Å². The minimum absolute atomic E-state index is 0. The van der Waals surface area contributed by atoms with Gasteiger partial charge in [-0.1, -0.05) is 13.8 Å². The van der Waals surface area contributed by atoms with Gasteiger partial charge in [-0.25, -0.2) is 0 Å². The summed E-state index contributed by atoms with van der Waals surface area (Å²) in [4.78, 5) is 14.1. The fraction of sp³-hybridized carbons (Fsp3) is 0.923. The lowest BCUT2D eigenvalue weighted by atomic mass is 9.91. The van der Waals surface area contributed by atoms with Crippen LogP contribution >= 0.6 is 12.4 Å². The van der Waals surface area contributed by atoms with Gasteiger partial charge in [0, 0.05) is 18.6 Å². The van der Waals surface area contributed by atoms with E-state index in [1.807, 2.05) is 6.92 Å². The molecule has 1 saturated heterocycles. The van der Waals surface area contributed by atoms with E-state index >= 15 is 0 Å². The molecule has 1 aliphatic heterocycles. The standard InChI is InChI=1S/C13H27N3O.ClH/c1-4-11(3)15-13(17)9-16-7-5-6-10(2)12(16)8-14;/h10-12H,4-9,14H2,1-3H3,(H,15,17);1H. The van der Waals surface area contributed by atoms with E-state index in [1.165, 1.54) is 12.8 Å². The summed E-state index contributed by atoms with van der Waals surface area (Å²) in [6.07, 6.45) is 3.38. The highest BCUT2D eigenvalue weighted by Crippen LogP contribution is 2.22. The molecule has 108 valence electrons. The minimum Gasteiger partial charge on any atom is -0.353 e. The van der Waals surface area contributed by atoms with Crippen LogP contribution in [0, 0.1) is 5.92 Å². The number of carbonyl (C=O) groups excluding carboxylic acids is 1. The SMILES string of the molecule is CCC(C)NC(=O)CN1CCCC(C)C1CN.Cl. The summed E-state index contributed by atoms with van der Waals surface area (Å²) in [6.45, 7) is 8.50. The van der Waals surface area contributed by atoms with Gasteiger partial charge in [0.05, 0.1) is 6.54 Å². The highest BCUT2D eigenvalue weighted by atomic mass is 35.5. The van der Waals surface area contributed by atoms with Crippen molar-refractivity contribution in [3.05, 3.63) is 0 Å². The van der Waals surface area contributed by atoms with Crippen molar-refractivity contribution in [1.82, 2.24) is 10.2 Å². The first-order chi connectivity index (χ1) is 8.08. The summed E-state index contributed by atoms with van der Waals surface area (Å²) < 4.78 is 0. The Labute approximate surface area is 117 Å². The van der Waals surface area contributed by atoms with Crippen LogP contribution in [0.2, 0.25) is 0 Å². The van der Waals surface area contributed by atoms with E-state index in [-0.39, 0.29) is 24.4 Å². The molecule has 3 atom stereocenters. The molecule has 0 aromatic carbocycles. The third kappa shape index (κ3) is 5.12. The lowest BCUT2D eigenvalue weighted by Crippen LogP contribution is -2.52. The van der Waals surface area contributed by atoms with E-state index in [1.54, 1.807) is 0 Å². The number of hydrogen-bond donors (Lipinski definition) is 2. The maximum atomic E-state index is 11.9. The molecule has 0 spiro atoms. The average molecular weight is 278 g/mol. The van der Waals surface area contributed by atoms with Crippen LogP contribution in [-0.4, -0.2) is 42.5 Å². The quantitative estimate of drug-likeness (QED) is 0.798. The first-order valence-corrected chi connectivity index (χ1v) is 6.82. The maximum Gasteiger partial charge on any atom is 0.234 e. The fourth-order valence-corrected chi connectivity index (χ4v) is 2.52. The zero-order chi connectivity index (χ0) is 12.8. The van der Waals surface area contributed by atoms with Crippen LogP contribution in [0.5, 0.6) is 0 Å². The molecule has 0 bridgehead atoms. The molecule has 5 heteroatoms. The number of nitrogens with one attached hydrogen (secondary N) is 1. The van der Waals surface area contributed by atoms with Gasteiger partial charge in [-0.2, -0.15) is 0 Å². The molecule has 4 nitrogen and oxygen atoms in total. The monoisotopic (exact) mass is 277 g/mol. The molecule has 0 radical (unpaired) electrons. The Hall–Kier alpha value is -0.320. The predicted octanol–water partition coefficient (Wildman–Crippen LogP) is 1.38. The smallest absolute Gasteiger partial charge is 0.234 e. The zero-order valence-electron chi connectivity index (χ0n) is 11.8. The van der Waals surface area contributed by atoms with Crippen molar-refractivity contribution in [2.45, 2.75) is 52.1 Å². The van der Waals surface area contributed by atoms with Crippen LogP contribution in [-0.2, 0) is 4.79 Å². The normalized spacial score (nSPS) is 26.2. The Bertz CT molecular complexity index is 250. The molecule has 0 aromatic rings. The Balaban J connectivity index is 0.00000289. The van der Waals surface area contributed by atoms with Crippen LogP contribution in [0.3, 0.4) is 0 Å². The van der Waals surface area contributed by atoms with Gasteiger partial charge < -0.3 is 11.1 Å². The molecular formula is C13H28ClN3O. The van der Waals surface area contributed by atoms with Crippen molar-refractivity contribution in [2.75, 3.05) is 19.6 Å². The molecule has 1 rings (SSSR count). The molecule has 1 amide bonds. The first-order valence-electron chi connectivity index (χ1n) is 6.82. The lowest BCUT2D eigenvalue weighted by Gasteiger charge is -2.39. The van der Waals surface area contributed by atoms with Crippen molar-refractivity contribution in [1.29, 1.82) is 0 Å². The number of halogens is 1. The van der Waals surface area contributed by atoms with E-state index in [0.717, 1.165) is 13.0 Å².